The Labute approximate surface area is 91.8 Å². The van der Waals surface area contributed by atoms with E-state index in [0.29, 0.717) is 5.92 Å². The van der Waals surface area contributed by atoms with Crippen LogP contribution in [0.1, 0.15) is 13.3 Å². The Morgan fingerprint density at radius 1 is 1.53 bits per heavy atom. The van der Waals surface area contributed by atoms with Crippen LogP contribution in [0.3, 0.4) is 0 Å². The van der Waals surface area contributed by atoms with E-state index in [1.807, 2.05) is 31.0 Å². The molecule has 0 aromatic carbocycles. The predicted octanol–water partition coefficient (Wildman–Crippen LogP) is 1.19. The van der Waals surface area contributed by atoms with Crippen molar-refractivity contribution in [3.8, 4) is 0 Å². The van der Waals surface area contributed by atoms with Crippen molar-refractivity contribution in [1.29, 1.82) is 0 Å². The maximum atomic E-state index is 11.7. The molecular weight excluding hydrogens is 188 g/mol. The van der Waals surface area contributed by atoms with Gasteiger partial charge in [-0.2, -0.15) is 0 Å². The Hall–Kier alpha value is -1.09. The average molecular weight is 208 g/mol. The molecule has 1 N–H and O–H groups in total. The molecular formula is C12H20N2O. The average Bonchev–Trinajstić information content (AvgIpc) is 2.67. The zero-order valence-corrected chi connectivity index (χ0v) is 9.57. The van der Waals surface area contributed by atoms with Crippen LogP contribution in [0.15, 0.2) is 24.3 Å². The maximum Gasteiger partial charge on any atom is 0.246 e. The highest BCUT2D eigenvalue weighted by atomic mass is 16.2. The first-order chi connectivity index (χ1) is 7.27. The van der Waals surface area contributed by atoms with Crippen LogP contribution in [0, 0.1) is 5.92 Å². The Bertz CT molecular complexity index is 258. The summed E-state index contributed by atoms with van der Waals surface area (Å²) < 4.78 is 0. The highest BCUT2D eigenvalue weighted by Crippen LogP contribution is 2.15. The number of allylic oxidation sites excluding steroid dienone is 3. The fourth-order valence-corrected chi connectivity index (χ4v) is 1.84. The molecule has 3 heteroatoms. The second-order valence-electron chi connectivity index (χ2n) is 3.88. The fourth-order valence-electron chi connectivity index (χ4n) is 1.84. The summed E-state index contributed by atoms with van der Waals surface area (Å²) in [4.78, 5) is 13.6. The number of nitrogens with one attached hydrogen (secondary N) is 1. The molecule has 0 aromatic rings. The van der Waals surface area contributed by atoms with E-state index in [-0.39, 0.29) is 5.91 Å². The van der Waals surface area contributed by atoms with Gasteiger partial charge in [-0.25, -0.2) is 0 Å². The largest absolute Gasteiger partial charge is 0.339 e. The molecule has 84 valence electrons. The zero-order chi connectivity index (χ0) is 11.1. The van der Waals surface area contributed by atoms with Crippen molar-refractivity contribution in [3.63, 3.8) is 0 Å². The van der Waals surface area contributed by atoms with Crippen LogP contribution in [-0.4, -0.2) is 37.5 Å². The molecule has 0 unspecified atom stereocenters. The van der Waals surface area contributed by atoms with E-state index in [2.05, 4.69) is 5.32 Å². The number of nitrogens with zero attached hydrogens (tertiary/aromatic N) is 1. The summed E-state index contributed by atoms with van der Waals surface area (Å²) >= 11 is 0. The number of likely N-dealkylation sites (tertiary alicyclic amines) is 1. The van der Waals surface area contributed by atoms with E-state index in [1.54, 1.807) is 12.2 Å². The number of rotatable bonds is 4. The van der Waals surface area contributed by atoms with Gasteiger partial charge in [-0.1, -0.05) is 18.2 Å². The van der Waals surface area contributed by atoms with Crippen molar-refractivity contribution in [2.24, 2.45) is 5.92 Å². The van der Waals surface area contributed by atoms with E-state index < -0.39 is 0 Å². The van der Waals surface area contributed by atoms with Gasteiger partial charge in [0.2, 0.25) is 5.91 Å². The standard InChI is InChI=1S/C12H20N2O/c1-3-4-5-6-12(15)14-8-7-11(10-14)9-13-2/h3-6,11,13H,7-10H2,1-2H3/b4-3-,6-5+/t11-/m0/s1. The topological polar surface area (TPSA) is 32.3 Å². The van der Waals surface area contributed by atoms with E-state index in [1.165, 1.54) is 0 Å². The van der Waals surface area contributed by atoms with Crippen LogP contribution < -0.4 is 5.32 Å². The zero-order valence-electron chi connectivity index (χ0n) is 9.57. The normalized spacial score (nSPS) is 22.0. The SMILES string of the molecule is C/C=C\C=C\C(=O)N1CC[C@@H](CNC)C1. The van der Waals surface area contributed by atoms with Crippen LogP contribution in [0.25, 0.3) is 0 Å². The molecule has 1 aliphatic rings. The molecule has 3 nitrogen and oxygen atoms in total. The van der Waals surface area contributed by atoms with Crippen molar-refractivity contribution < 1.29 is 4.79 Å². The van der Waals surface area contributed by atoms with Crippen LogP contribution in [0.4, 0.5) is 0 Å². The van der Waals surface area contributed by atoms with Gasteiger partial charge in [0.1, 0.15) is 0 Å². The van der Waals surface area contributed by atoms with E-state index in [0.717, 1.165) is 26.1 Å². The summed E-state index contributed by atoms with van der Waals surface area (Å²) in [6.45, 7) is 4.72. The van der Waals surface area contributed by atoms with Crippen LogP contribution in [0.2, 0.25) is 0 Å². The van der Waals surface area contributed by atoms with Crippen molar-refractivity contribution in [2.75, 3.05) is 26.7 Å². The van der Waals surface area contributed by atoms with E-state index >= 15 is 0 Å². The number of hydrogen-bond donors (Lipinski definition) is 1. The Balaban J connectivity index is 2.36. The smallest absolute Gasteiger partial charge is 0.246 e. The van der Waals surface area contributed by atoms with Crippen molar-refractivity contribution in [3.05, 3.63) is 24.3 Å². The Kier molecular flexibility index (Phi) is 5.12. The maximum absolute atomic E-state index is 11.7. The first kappa shape index (κ1) is 12.0. The van der Waals surface area contributed by atoms with Gasteiger partial charge < -0.3 is 10.2 Å². The molecule has 1 saturated heterocycles. The molecule has 1 aliphatic heterocycles. The molecule has 0 aromatic heterocycles. The third-order valence-electron chi connectivity index (χ3n) is 2.63. The molecule has 1 heterocycles. The summed E-state index contributed by atoms with van der Waals surface area (Å²) in [6.07, 6.45) is 8.34. The van der Waals surface area contributed by atoms with Crippen LogP contribution in [-0.2, 0) is 4.79 Å². The van der Waals surface area contributed by atoms with E-state index in [4.69, 9.17) is 0 Å². The lowest BCUT2D eigenvalue weighted by Gasteiger charge is -2.13. The van der Waals surface area contributed by atoms with Crippen LogP contribution in [0.5, 0.6) is 0 Å². The summed E-state index contributed by atoms with van der Waals surface area (Å²) in [5.41, 5.74) is 0. The van der Waals surface area contributed by atoms with Gasteiger partial charge in [0.05, 0.1) is 0 Å². The van der Waals surface area contributed by atoms with Crippen molar-refractivity contribution >= 4 is 5.91 Å². The van der Waals surface area contributed by atoms with Crippen LogP contribution >= 0.6 is 0 Å². The van der Waals surface area contributed by atoms with Gasteiger partial charge >= 0.3 is 0 Å². The molecule has 0 saturated carbocycles. The molecule has 1 rings (SSSR count). The lowest BCUT2D eigenvalue weighted by atomic mass is 10.1. The van der Waals surface area contributed by atoms with Gasteiger partial charge in [0.15, 0.2) is 0 Å². The first-order valence-electron chi connectivity index (χ1n) is 5.50. The fraction of sp³-hybridized carbons (Fsp3) is 0.583. The Morgan fingerprint density at radius 2 is 2.33 bits per heavy atom. The molecule has 1 atom stereocenters. The molecule has 1 amide bonds. The van der Waals surface area contributed by atoms with Crippen molar-refractivity contribution in [1.82, 2.24) is 10.2 Å². The second kappa shape index (κ2) is 6.40. The number of carbonyl (C=O) groups excluding carboxylic acids is 1. The van der Waals surface area contributed by atoms with Gasteiger partial charge in [0, 0.05) is 19.2 Å². The molecule has 0 bridgehead atoms. The van der Waals surface area contributed by atoms with E-state index in [9.17, 15) is 4.79 Å². The monoisotopic (exact) mass is 208 g/mol. The van der Waals surface area contributed by atoms with Gasteiger partial charge in [-0.3, -0.25) is 4.79 Å². The van der Waals surface area contributed by atoms with Gasteiger partial charge in [-0.15, -0.1) is 0 Å². The second-order valence-corrected chi connectivity index (χ2v) is 3.88. The lowest BCUT2D eigenvalue weighted by Crippen LogP contribution is -2.28. The Morgan fingerprint density at radius 3 is 3.00 bits per heavy atom. The lowest BCUT2D eigenvalue weighted by molar-refractivity contribution is -0.125. The minimum Gasteiger partial charge on any atom is -0.339 e. The molecule has 0 radical (unpaired) electrons. The highest BCUT2D eigenvalue weighted by molar-refractivity contribution is 5.88. The molecule has 0 aliphatic carbocycles. The number of amides is 1. The molecule has 0 spiro atoms. The van der Waals surface area contributed by atoms with Gasteiger partial charge in [-0.05, 0) is 32.9 Å². The summed E-state index contributed by atoms with van der Waals surface area (Å²) in [6, 6.07) is 0. The van der Waals surface area contributed by atoms with Gasteiger partial charge in [0.25, 0.3) is 0 Å². The predicted molar refractivity (Wildman–Crippen MR) is 62.6 cm³/mol. The first-order valence-corrected chi connectivity index (χ1v) is 5.50. The number of carbonyl (C=O) groups is 1. The molecule has 15 heavy (non-hydrogen) atoms. The number of hydrogen-bond acceptors (Lipinski definition) is 2. The summed E-state index contributed by atoms with van der Waals surface area (Å²) in [5.74, 6) is 0.751. The highest BCUT2D eigenvalue weighted by Gasteiger charge is 2.23. The minimum atomic E-state index is 0.131. The third kappa shape index (κ3) is 3.88. The minimum absolute atomic E-state index is 0.131. The molecule has 1 fully saturated rings. The summed E-state index contributed by atoms with van der Waals surface area (Å²) in [5, 5.41) is 3.15. The summed E-state index contributed by atoms with van der Waals surface area (Å²) in [7, 11) is 1.95. The third-order valence-corrected chi connectivity index (χ3v) is 2.63. The van der Waals surface area contributed by atoms with Crippen molar-refractivity contribution in [2.45, 2.75) is 13.3 Å². The quantitative estimate of drug-likeness (QED) is 0.556.